The summed E-state index contributed by atoms with van der Waals surface area (Å²) in [4.78, 5) is 16.2. The summed E-state index contributed by atoms with van der Waals surface area (Å²) in [5.41, 5.74) is 0.465. The molecule has 2 aromatic heterocycles. The van der Waals surface area contributed by atoms with Gasteiger partial charge in [0.05, 0.1) is 13.2 Å². The monoisotopic (exact) mass is 306 g/mol. The van der Waals surface area contributed by atoms with E-state index in [4.69, 9.17) is 9.47 Å². The average molecular weight is 306 g/mol. The average Bonchev–Trinajstić information content (AvgIpc) is 3.11. The Morgan fingerprint density at radius 1 is 1.52 bits per heavy atom. The molecule has 1 fully saturated rings. The number of aromatic nitrogens is 3. The highest BCUT2D eigenvalue weighted by Crippen LogP contribution is 2.18. The van der Waals surface area contributed by atoms with Crippen LogP contribution >= 0.6 is 11.3 Å². The molecule has 21 heavy (non-hydrogen) atoms. The number of anilines is 1. The van der Waals surface area contributed by atoms with Crippen molar-refractivity contribution in [2.24, 2.45) is 0 Å². The van der Waals surface area contributed by atoms with Crippen LogP contribution in [0.4, 0.5) is 5.13 Å². The van der Waals surface area contributed by atoms with Crippen molar-refractivity contribution in [3.8, 4) is 5.88 Å². The number of amides is 1. The molecule has 0 aromatic carbocycles. The lowest BCUT2D eigenvalue weighted by atomic mass is 10.2. The van der Waals surface area contributed by atoms with Crippen molar-refractivity contribution >= 4 is 22.4 Å². The number of carbonyl (C=O) groups excluding carboxylic acids is 1. The second kappa shape index (κ2) is 6.15. The zero-order valence-corrected chi connectivity index (χ0v) is 12.2. The molecule has 1 unspecified atom stereocenters. The Hall–Kier alpha value is -2.06. The lowest BCUT2D eigenvalue weighted by Gasteiger charge is -2.11. The summed E-state index contributed by atoms with van der Waals surface area (Å²) in [6.45, 7) is 3.08. The van der Waals surface area contributed by atoms with Gasteiger partial charge < -0.3 is 9.47 Å². The van der Waals surface area contributed by atoms with Crippen molar-refractivity contribution in [3.05, 3.63) is 28.9 Å². The fourth-order valence-corrected chi connectivity index (χ4v) is 2.49. The lowest BCUT2D eigenvalue weighted by molar-refractivity contribution is 0.102. The summed E-state index contributed by atoms with van der Waals surface area (Å²) in [6, 6.07) is 3.24. The van der Waals surface area contributed by atoms with Crippen LogP contribution in [0.5, 0.6) is 5.88 Å². The SMILES string of the molecule is Cc1nnc(NC(=O)c2ccnc(OC3CCOC3)c2)s1. The van der Waals surface area contributed by atoms with Crippen LogP contribution in [0.15, 0.2) is 18.3 Å². The van der Waals surface area contributed by atoms with Crippen molar-refractivity contribution < 1.29 is 14.3 Å². The summed E-state index contributed by atoms with van der Waals surface area (Å²) in [5.74, 6) is 0.160. The van der Waals surface area contributed by atoms with Gasteiger partial charge in [-0.1, -0.05) is 11.3 Å². The van der Waals surface area contributed by atoms with E-state index in [2.05, 4.69) is 20.5 Å². The van der Waals surface area contributed by atoms with E-state index >= 15 is 0 Å². The molecule has 1 amide bonds. The van der Waals surface area contributed by atoms with Gasteiger partial charge in [0.25, 0.3) is 5.91 Å². The number of aryl methyl sites for hydroxylation is 1. The van der Waals surface area contributed by atoms with Gasteiger partial charge >= 0.3 is 0 Å². The molecule has 1 N–H and O–H groups in total. The first-order valence-electron chi connectivity index (χ1n) is 6.52. The second-order valence-corrected chi connectivity index (χ2v) is 5.75. The molecule has 8 heteroatoms. The van der Waals surface area contributed by atoms with Gasteiger partial charge in [-0.2, -0.15) is 0 Å². The number of ether oxygens (including phenoxy) is 2. The number of nitrogens with one attached hydrogen (secondary N) is 1. The van der Waals surface area contributed by atoms with Gasteiger partial charge in [0.15, 0.2) is 0 Å². The maximum Gasteiger partial charge on any atom is 0.257 e. The molecule has 0 saturated carbocycles. The predicted octanol–water partition coefficient (Wildman–Crippen LogP) is 1.66. The first-order chi connectivity index (χ1) is 10.2. The summed E-state index contributed by atoms with van der Waals surface area (Å²) in [5, 5.41) is 11.7. The molecule has 1 aliphatic rings. The predicted molar refractivity (Wildman–Crippen MR) is 76.7 cm³/mol. The van der Waals surface area contributed by atoms with Crippen molar-refractivity contribution in [1.29, 1.82) is 0 Å². The van der Waals surface area contributed by atoms with Gasteiger partial charge in [-0.05, 0) is 13.0 Å². The fraction of sp³-hybridized carbons (Fsp3) is 0.385. The van der Waals surface area contributed by atoms with Crippen LogP contribution in [-0.4, -0.2) is 40.4 Å². The van der Waals surface area contributed by atoms with Gasteiger partial charge in [-0.3, -0.25) is 10.1 Å². The highest BCUT2D eigenvalue weighted by atomic mass is 32.1. The minimum Gasteiger partial charge on any atom is -0.472 e. The van der Waals surface area contributed by atoms with Crippen molar-refractivity contribution in [1.82, 2.24) is 15.2 Å². The van der Waals surface area contributed by atoms with E-state index < -0.39 is 0 Å². The smallest absolute Gasteiger partial charge is 0.257 e. The van der Waals surface area contributed by atoms with Crippen molar-refractivity contribution in [2.45, 2.75) is 19.4 Å². The van der Waals surface area contributed by atoms with E-state index in [0.717, 1.165) is 11.4 Å². The Morgan fingerprint density at radius 2 is 2.43 bits per heavy atom. The zero-order valence-electron chi connectivity index (χ0n) is 11.4. The van der Waals surface area contributed by atoms with E-state index in [1.54, 1.807) is 18.3 Å². The summed E-state index contributed by atoms with van der Waals surface area (Å²) < 4.78 is 10.9. The quantitative estimate of drug-likeness (QED) is 0.924. The molecule has 0 spiro atoms. The van der Waals surface area contributed by atoms with Crippen LogP contribution in [0, 0.1) is 6.92 Å². The van der Waals surface area contributed by atoms with Gasteiger partial charge in [0.1, 0.15) is 11.1 Å². The number of hydrogen-bond donors (Lipinski definition) is 1. The number of nitrogens with zero attached hydrogens (tertiary/aromatic N) is 3. The molecule has 3 rings (SSSR count). The van der Waals surface area contributed by atoms with E-state index in [1.807, 2.05) is 6.92 Å². The third-order valence-corrected chi connectivity index (χ3v) is 3.67. The minimum absolute atomic E-state index is 0.00150. The molecule has 2 aromatic rings. The van der Waals surface area contributed by atoms with Crippen LogP contribution in [0.1, 0.15) is 21.8 Å². The maximum atomic E-state index is 12.1. The van der Waals surface area contributed by atoms with Crippen LogP contribution in [-0.2, 0) is 4.74 Å². The first-order valence-corrected chi connectivity index (χ1v) is 7.34. The Bertz CT molecular complexity index is 640. The highest BCUT2D eigenvalue weighted by Gasteiger charge is 2.18. The number of pyridine rings is 1. The van der Waals surface area contributed by atoms with E-state index in [1.165, 1.54) is 11.3 Å². The standard InChI is InChI=1S/C13H14N4O3S/c1-8-16-17-13(21-8)15-12(18)9-2-4-14-11(6-9)20-10-3-5-19-7-10/h2,4,6,10H,3,5,7H2,1H3,(H,15,17,18). The van der Waals surface area contributed by atoms with Crippen LogP contribution in [0.2, 0.25) is 0 Å². The maximum absolute atomic E-state index is 12.1. The van der Waals surface area contributed by atoms with E-state index in [0.29, 0.717) is 29.8 Å². The van der Waals surface area contributed by atoms with Crippen LogP contribution in [0.25, 0.3) is 0 Å². The first kappa shape index (κ1) is 13.9. The van der Waals surface area contributed by atoms with Crippen molar-refractivity contribution in [3.63, 3.8) is 0 Å². The fourth-order valence-electron chi connectivity index (χ4n) is 1.91. The van der Waals surface area contributed by atoms with Crippen molar-refractivity contribution in [2.75, 3.05) is 18.5 Å². The summed E-state index contributed by atoms with van der Waals surface area (Å²) in [7, 11) is 0. The molecule has 0 bridgehead atoms. The molecular formula is C13H14N4O3S. The van der Waals surface area contributed by atoms with E-state index in [9.17, 15) is 4.79 Å². The Morgan fingerprint density at radius 3 is 3.14 bits per heavy atom. The Balaban J connectivity index is 1.68. The normalized spacial score (nSPS) is 17.7. The van der Waals surface area contributed by atoms with Crippen LogP contribution in [0.3, 0.4) is 0 Å². The van der Waals surface area contributed by atoms with Gasteiger partial charge in [-0.25, -0.2) is 4.98 Å². The Labute approximate surface area is 125 Å². The highest BCUT2D eigenvalue weighted by molar-refractivity contribution is 7.15. The van der Waals surface area contributed by atoms with Gasteiger partial charge in [0, 0.05) is 24.2 Å². The minimum atomic E-state index is -0.263. The largest absolute Gasteiger partial charge is 0.472 e. The molecular weight excluding hydrogens is 292 g/mol. The van der Waals surface area contributed by atoms with E-state index in [-0.39, 0.29) is 12.0 Å². The molecule has 1 atom stereocenters. The molecule has 0 radical (unpaired) electrons. The molecule has 3 heterocycles. The summed E-state index contributed by atoms with van der Waals surface area (Å²) >= 11 is 1.32. The second-order valence-electron chi connectivity index (χ2n) is 4.57. The van der Waals surface area contributed by atoms with Gasteiger partial charge in [-0.15, -0.1) is 10.2 Å². The van der Waals surface area contributed by atoms with Gasteiger partial charge in [0.2, 0.25) is 11.0 Å². The topological polar surface area (TPSA) is 86.2 Å². The Kier molecular flexibility index (Phi) is 4.07. The number of rotatable bonds is 4. The van der Waals surface area contributed by atoms with Crippen LogP contribution < -0.4 is 10.1 Å². The lowest BCUT2D eigenvalue weighted by Crippen LogP contribution is -2.17. The molecule has 0 aliphatic carbocycles. The summed E-state index contributed by atoms with van der Waals surface area (Å²) in [6.07, 6.45) is 2.38. The molecule has 1 aliphatic heterocycles. The molecule has 1 saturated heterocycles. The zero-order chi connectivity index (χ0) is 14.7. The molecule has 110 valence electrons. The number of carbonyl (C=O) groups is 1. The third kappa shape index (κ3) is 3.53. The molecule has 7 nitrogen and oxygen atoms in total. The third-order valence-electron chi connectivity index (χ3n) is 2.92. The number of hydrogen-bond acceptors (Lipinski definition) is 7.